The second-order valence-corrected chi connectivity index (χ2v) is 15.0. The van der Waals surface area contributed by atoms with Crippen molar-refractivity contribution in [3.05, 3.63) is 63.0 Å². The van der Waals surface area contributed by atoms with Crippen molar-refractivity contribution >= 4 is 32.6 Å². The maximum atomic E-state index is 16.0. The zero-order chi connectivity index (χ0) is 35.3. The lowest BCUT2D eigenvalue weighted by Crippen LogP contribution is -2.48. The van der Waals surface area contributed by atoms with Gasteiger partial charge in [0.25, 0.3) is 11.5 Å². The van der Waals surface area contributed by atoms with E-state index in [1.807, 2.05) is 4.90 Å². The van der Waals surface area contributed by atoms with Gasteiger partial charge in [-0.1, -0.05) is 18.2 Å². The minimum absolute atomic E-state index is 0.106. The van der Waals surface area contributed by atoms with E-state index < -0.39 is 76.2 Å². The second-order valence-electron chi connectivity index (χ2n) is 12.7. The third kappa shape index (κ3) is 6.64. The molecule has 2 fully saturated rings. The van der Waals surface area contributed by atoms with Gasteiger partial charge in [0, 0.05) is 41.3 Å². The quantitative estimate of drug-likeness (QED) is 0.400. The highest BCUT2D eigenvalue weighted by Gasteiger charge is 2.41. The molecule has 7 rings (SSSR count). The Labute approximate surface area is 269 Å². The SMILES string of the molecule is [2H]C([2H])([2H])c1nc2c3cc(C4CCS(=O)(=O)CC4)c(=O)n(c3n1)CC(=O)NCCCCN1CC(C1)CC(F)(F)c1cccc(c1F)[C@@H](C)N2. The van der Waals surface area contributed by atoms with E-state index >= 15 is 13.2 Å². The summed E-state index contributed by atoms with van der Waals surface area (Å²) in [5.74, 6) is -6.87. The van der Waals surface area contributed by atoms with Crippen molar-refractivity contribution < 1.29 is 30.5 Å². The average molecular weight is 664 g/mol. The van der Waals surface area contributed by atoms with Crippen LogP contribution in [0.15, 0.2) is 29.1 Å². The summed E-state index contributed by atoms with van der Waals surface area (Å²) in [5, 5.41) is 5.91. The number of fused-ring (bicyclic) bond motifs is 8. The van der Waals surface area contributed by atoms with Gasteiger partial charge >= 0.3 is 0 Å². The Morgan fingerprint density at radius 2 is 1.85 bits per heavy atom. The van der Waals surface area contributed by atoms with Crippen molar-refractivity contribution in [3.8, 4) is 0 Å². The van der Waals surface area contributed by atoms with E-state index in [1.54, 1.807) is 0 Å². The molecule has 8 bridgehead atoms. The number of alkyl halides is 2. The van der Waals surface area contributed by atoms with Gasteiger partial charge in [-0.3, -0.25) is 14.2 Å². The summed E-state index contributed by atoms with van der Waals surface area (Å²) in [4.78, 5) is 37.8. The normalized spacial score (nSPS) is 26.8. The van der Waals surface area contributed by atoms with Crippen molar-refractivity contribution in [1.82, 2.24) is 24.8 Å². The van der Waals surface area contributed by atoms with Gasteiger partial charge in [-0.25, -0.2) is 31.6 Å². The molecular weight excluding hydrogens is 621 g/mol. The van der Waals surface area contributed by atoms with Gasteiger partial charge in [0.1, 0.15) is 39.5 Å². The molecule has 10 nitrogen and oxygen atoms in total. The van der Waals surface area contributed by atoms with Crippen molar-refractivity contribution in [3.63, 3.8) is 0 Å². The molecule has 0 saturated carbocycles. The van der Waals surface area contributed by atoms with E-state index in [1.165, 1.54) is 25.1 Å². The zero-order valence-electron chi connectivity index (χ0n) is 28.5. The molecule has 0 spiro atoms. The summed E-state index contributed by atoms with van der Waals surface area (Å²) in [5.41, 5.74) is -1.41. The first kappa shape index (κ1) is 28.7. The first-order chi connectivity index (χ1) is 23.0. The highest BCUT2D eigenvalue weighted by atomic mass is 32.2. The Kier molecular flexibility index (Phi) is 7.85. The number of amides is 1. The first-order valence-corrected chi connectivity index (χ1v) is 17.4. The van der Waals surface area contributed by atoms with Gasteiger partial charge in [-0.2, -0.15) is 0 Å². The first-order valence-electron chi connectivity index (χ1n) is 17.1. The van der Waals surface area contributed by atoms with Crippen LogP contribution in [-0.4, -0.2) is 71.4 Å². The van der Waals surface area contributed by atoms with E-state index in [4.69, 9.17) is 4.11 Å². The largest absolute Gasteiger partial charge is 0.363 e. The molecule has 4 aliphatic rings. The van der Waals surface area contributed by atoms with Crippen LogP contribution in [0.1, 0.15) is 77.6 Å². The number of nitrogens with zero attached hydrogens (tertiary/aromatic N) is 4. The van der Waals surface area contributed by atoms with Crippen LogP contribution in [0.4, 0.5) is 19.0 Å². The molecule has 2 aromatic heterocycles. The maximum Gasteiger partial charge on any atom is 0.276 e. The van der Waals surface area contributed by atoms with Crippen LogP contribution < -0.4 is 16.2 Å². The monoisotopic (exact) mass is 663 g/mol. The van der Waals surface area contributed by atoms with Crippen LogP contribution in [0, 0.1) is 18.6 Å². The van der Waals surface area contributed by atoms with Gasteiger partial charge in [-0.05, 0) is 63.9 Å². The number of aryl methyl sites for hydroxylation is 1. The number of rotatable bonds is 1. The smallest absolute Gasteiger partial charge is 0.276 e. The number of halogens is 3. The van der Waals surface area contributed by atoms with Crippen molar-refractivity contribution in [2.24, 2.45) is 5.92 Å². The Hall–Kier alpha value is -3.52. The van der Waals surface area contributed by atoms with Crippen LogP contribution in [-0.2, 0) is 27.1 Å². The summed E-state index contributed by atoms with van der Waals surface area (Å²) in [6.45, 7) is 0.0111. The molecule has 0 unspecified atom stereocenters. The lowest BCUT2D eigenvalue weighted by Gasteiger charge is -2.41. The highest BCUT2D eigenvalue weighted by molar-refractivity contribution is 7.91. The fourth-order valence-corrected chi connectivity index (χ4v) is 8.31. The van der Waals surface area contributed by atoms with Crippen molar-refractivity contribution in [2.45, 2.75) is 70.3 Å². The number of hydrogen-bond acceptors (Lipinski definition) is 8. The van der Waals surface area contributed by atoms with Crippen LogP contribution in [0.25, 0.3) is 11.0 Å². The van der Waals surface area contributed by atoms with Crippen LogP contribution >= 0.6 is 0 Å². The average Bonchev–Trinajstić information content (AvgIpc) is 3.00. The summed E-state index contributed by atoms with van der Waals surface area (Å²) in [6, 6.07) is 4.22. The molecule has 1 atom stereocenters. The van der Waals surface area contributed by atoms with Gasteiger partial charge in [0.15, 0.2) is 0 Å². The van der Waals surface area contributed by atoms with Crippen LogP contribution in [0.2, 0.25) is 0 Å². The van der Waals surface area contributed by atoms with E-state index in [-0.39, 0.29) is 64.8 Å². The predicted molar refractivity (Wildman–Crippen MR) is 168 cm³/mol. The fraction of sp³-hybridized carbons (Fsp3) is 0.562. The number of carbonyl (C=O) groups excluding carboxylic acids is 1. The zero-order valence-corrected chi connectivity index (χ0v) is 26.3. The number of sulfone groups is 1. The number of hydrogen-bond donors (Lipinski definition) is 2. The second kappa shape index (κ2) is 12.6. The third-order valence-electron chi connectivity index (χ3n) is 9.31. The summed E-state index contributed by atoms with van der Waals surface area (Å²) in [6.07, 6.45) is 1.08. The maximum absolute atomic E-state index is 16.0. The molecule has 4 aliphatic heterocycles. The minimum Gasteiger partial charge on any atom is -0.363 e. The van der Waals surface area contributed by atoms with E-state index in [2.05, 4.69) is 20.6 Å². The van der Waals surface area contributed by atoms with Crippen LogP contribution in [0.5, 0.6) is 0 Å². The minimum atomic E-state index is -3.44. The topological polar surface area (TPSA) is 126 Å². The molecule has 0 radical (unpaired) electrons. The predicted octanol–water partition coefficient (Wildman–Crippen LogP) is 4.03. The fourth-order valence-electron chi connectivity index (χ4n) is 6.81. The van der Waals surface area contributed by atoms with Crippen molar-refractivity contribution in [1.29, 1.82) is 0 Å². The Bertz CT molecular complexity index is 1920. The lowest BCUT2D eigenvalue weighted by atomic mass is 9.88. The molecule has 0 aliphatic carbocycles. The summed E-state index contributed by atoms with van der Waals surface area (Å²) >= 11 is 0. The standard InChI is InChI=1S/C32H39F3N6O4S/c1-19-23-6-5-7-26(28(23)33)32(34,35)15-21-16-40(17-21)11-4-3-10-36-27(42)18-41-30-25(29(37-19)38-20(2)39-30)14-24(31(41)43)22-8-12-46(44,45)13-9-22/h5-7,14,19,21-22H,3-4,8-13,15-18H2,1-2H3,(H,36,42)(H,37,38,39)/t19-/m1/s1/i2D3. The molecule has 1 aromatic carbocycles. The van der Waals surface area contributed by atoms with Gasteiger partial charge in [0.05, 0.1) is 28.5 Å². The number of carbonyl (C=O) groups is 1. The molecule has 14 heteroatoms. The molecule has 46 heavy (non-hydrogen) atoms. The molecule has 2 saturated heterocycles. The molecule has 1 amide bonds. The summed E-state index contributed by atoms with van der Waals surface area (Å²) in [7, 11) is -3.28. The van der Waals surface area contributed by atoms with Crippen LogP contribution in [0.3, 0.4) is 0 Å². The van der Waals surface area contributed by atoms with E-state index in [0.29, 0.717) is 32.5 Å². The number of anilines is 1. The Morgan fingerprint density at radius 1 is 1.09 bits per heavy atom. The number of benzene rings is 1. The molecule has 6 heterocycles. The number of aromatic nitrogens is 3. The molecular formula is C32H39F3N6O4S. The summed E-state index contributed by atoms with van der Waals surface area (Å²) < 4.78 is 96.6. The highest BCUT2D eigenvalue weighted by Crippen LogP contribution is 2.40. The molecule has 3 aromatic rings. The Balaban J connectivity index is 1.50. The third-order valence-corrected chi connectivity index (χ3v) is 11.0. The number of pyridine rings is 1. The molecule has 2 N–H and O–H groups in total. The van der Waals surface area contributed by atoms with Gasteiger partial charge < -0.3 is 15.5 Å². The Morgan fingerprint density at radius 3 is 2.59 bits per heavy atom. The molecule has 248 valence electrons. The lowest BCUT2D eigenvalue weighted by molar-refractivity contribution is -0.121. The van der Waals surface area contributed by atoms with Crippen molar-refractivity contribution in [2.75, 3.05) is 43.0 Å². The van der Waals surface area contributed by atoms with Gasteiger partial charge in [0.2, 0.25) is 5.91 Å². The van der Waals surface area contributed by atoms with E-state index in [9.17, 15) is 18.0 Å². The van der Waals surface area contributed by atoms with Gasteiger partial charge in [-0.15, -0.1) is 0 Å². The number of nitrogens with one attached hydrogen (secondary N) is 2. The van der Waals surface area contributed by atoms with E-state index in [0.717, 1.165) is 10.6 Å².